The molecule has 2 atom stereocenters. The Kier molecular flexibility index (Phi) is 7.12. The van der Waals surface area contributed by atoms with Crippen LogP contribution in [0.15, 0.2) is 43.0 Å². The summed E-state index contributed by atoms with van der Waals surface area (Å²) >= 11 is 1.59. The normalized spacial score (nSPS) is 20.0. The highest BCUT2D eigenvalue weighted by atomic mass is 32.2. The van der Waals surface area contributed by atoms with Crippen molar-refractivity contribution in [3.05, 3.63) is 48.5 Å². The highest BCUT2D eigenvalue weighted by Gasteiger charge is 2.54. The Balaban J connectivity index is 1.72. The molecule has 174 valence electrons. The van der Waals surface area contributed by atoms with Crippen molar-refractivity contribution in [2.45, 2.75) is 32.4 Å². The number of carbonyl (C=O) groups is 2. The van der Waals surface area contributed by atoms with Gasteiger partial charge in [0.15, 0.2) is 16.7 Å². The summed E-state index contributed by atoms with van der Waals surface area (Å²) in [5, 5.41) is 0. The SMILES string of the molecule is CCOC(=O)CC1CSCC1(C(=O)OCC)n1cnc2c(OCc3ccccc3)ncnc21. The van der Waals surface area contributed by atoms with Crippen LogP contribution in [0.3, 0.4) is 0 Å². The molecule has 1 aromatic carbocycles. The maximum Gasteiger partial charge on any atom is 0.333 e. The fraction of sp³-hybridized carbons (Fsp3) is 0.435. The summed E-state index contributed by atoms with van der Waals surface area (Å²) in [7, 11) is 0. The van der Waals surface area contributed by atoms with E-state index in [0.29, 0.717) is 35.2 Å². The number of fused-ring (bicyclic) bond motifs is 1. The molecule has 0 aliphatic carbocycles. The Labute approximate surface area is 195 Å². The van der Waals surface area contributed by atoms with E-state index in [2.05, 4.69) is 15.0 Å². The number of thioether (sulfide) groups is 1. The predicted molar refractivity (Wildman–Crippen MR) is 123 cm³/mol. The molecule has 0 saturated carbocycles. The molecular weight excluding hydrogens is 444 g/mol. The first-order valence-corrected chi connectivity index (χ1v) is 12.0. The average Bonchev–Trinajstić information content (AvgIpc) is 3.44. The van der Waals surface area contributed by atoms with E-state index < -0.39 is 11.5 Å². The van der Waals surface area contributed by atoms with Crippen molar-refractivity contribution in [3.8, 4) is 5.88 Å². The first-order valence-electron chi connectivity index (χ1n) is 10.9. The summed E-state index contributed by atoms with van der Waals surface area (Å²) in [6, 6.07) is 9.74. The fourth-order valence-corrected chi connectivity index (χ4v) is 5.64. The first-order chi connectivity index (χ1) is 16.1. The Morgan fingerprint density at radius 2 is 1.91 bits per heavy atom. The van der Waals surface area contributed by atoms with Gasteiger partial charge in [-0.1, -0.05) is 30.3 Å². The minimum Gasteiger partial charge on any atom is -0.471 e. The summed E-state index contributed by atoms with van der Waals surface area (Å²) < 4.78 is 18.3. The van der Waals surface area contributed by atoms with Gasteiger partial charge in [0, 0.05) is 11.7 Å². The molecule has 0 spiro atoms. The molecule has 0 N–H and O–H groups in total. The zero-order chi connectivity index (χ0) is 23.3. The zero-order valence-corrected chi connectivity index (χ0v) is 19.4. The van der Waals surface area contributed by atoms with Gasteiger partial charge in [-0.05, 0) is 25.2 Å². The maximum absolute atomic E-state index is 13.3. The summed E-state index contributed by atoms with van der Waals surface area (Å²) in [6.07, 6.45) is 3.06. The summed E-state index contributed by atoms with van der Waals surface area (Å²) in [4.78, 5) is 38.8. The van der Waals surface area contributed by atoms with Gasteiger partial charge < -0.3 is 14.2 Å². The molecular formula is C23H26N4O5S. The van der Waals surface area contributed by atoms with Gasteiger partial charge >= 0.3 is 11.9 Å². The molecule has 3 heterocycles. The van der Waals surface area contributed by atoms with Gasteiger partial charge in [-0.25, -0.2) is 14.8 Å². The number of hydrogen-bond donors (Lipinski definition) is 0. The first kappa shape index (κ1) is 23.0. The van der Waals surface area contributed by atoms with Crippen LogP contribution in [0.25, 0.3) is 11.2 Å². The molecule has 9 nitrogen and oxygen atoms in total. The number of esters is 2. The van der Waals surface area contributed by atoms with Crippen LogP contribution in [0, 0.1) is 5.92 Å². The zero-order valence-electron chi connectivity index (χ0n) is 18.6. The van der Waals surface area contributed by atoms with Gasteiger partial charge in [0.1, 0.15) is 12.9 Å². The number of imidazole rings is 1. The topological polar surface area (TPSA) is 105 Å². The van der Waals surface area contributed by atoms with Crippen LogP contribution in [0.4, 0.5) is 0 Å². The lowest BCUT2D eigenvalue weighted by Crippen LogP contribution is -2.49. The molecule has 1 saturated heterocycles. The highest BCUT2D eigenvalue weighted by molar-refractivity contribution is 7.99. The average molecular weight is 471 g/mol. The Morgan fingerprint density at radius 3 is 2.67 bits per heavy atom. The van der Waals surface area contributed by atoms with E-state index in [1.807, 2.05) is 30.3 Å². The van der Waals surface area contributed by atoms with Crippen LogP contribution in [0.2, 0.25) is 0 Å². The predicted octanol–water partition coefficient (Wildman–Crippen LogP) is 2.98. The lowest BCUT2D eigenvalue weighted by molar-refractivity contribution is -0.156. The van der Waals surface area contributed by atoms with Crippen LogP contribution in [0.5, 0.6) is 5.88 Å². The minimum atomic E-state index is -1.13. The number of nitrogens with zero attached hydrogens (tertiary/aromatic N) is 4. The van der Waals surface area contributed by atoms with Gasteiger partial charge in [-0.2, -0.15) is 16.7 Å². The second kappa shape index (κ2) is 10.2. The molecule has 1 aliphatic heterocycles. The van der Waals surface area contributed by atoms with E-state index in [1.165, 1.54) is 6.33 Å². The number of aromatic nitrogens is 4. The molecule has 4 rings (SSSR count). The van der Waals surface area contributed by atoms with Gasteiger partial charge in [-0.3, -0.25) is 9.36 Å². The van der Waals surface area contributed by atoms with Crippen molar-refractivity contribution in [1.29, 1.82) is 0 Å². The van der Waals surface area contributed by atoms with E-state index in [-0.39, 0.29) is 31.5 Å². The van der Waals surface area contributed by atoms with Crippen molar-refractivity contribution in [2.24, 2.45) is 5.92 Å². The lowest BCUT2D eigenvalue weighted by atomic mass is 9.84. The smallest absolute Gasteiger partial charge is 0.333 e. The van der Waals surface area contributed by atoms with Crippen molar-refractivity contribution < 1.29 is 23.8 Å². The van der Waals surface area contributed by atoms with E-state index in [9.17, 15) is 9.59 Å². The van der Waals surface area contributed by atoms with E-state index >= 15 is 0 Å². The summed E-state index contributed by atoms with van der Waals surface area (Å²) in [6.45, 7) is 4.36. The third-order valence-electron chi connectivity index (χ3n) is 5.61. The van der Waals surface area contributed by atoms with Crippen molar-refractivity contribution in [2.75, 3.05) is 24.7 Å². The van der Waals surface area contributed by atoms with Gasteiger partial charge in [0.25, 0.3) is 0 Å². The van der Waals surface area contributed by atoms with Gasteiger partial charge in [-0.15, -0.1) is 0 Å². The van der Waals surface area contributed by atoms with Gasteiger partial charge in [0.05, 0.1) is 26.0 Å². The van der Waals surface area contributed by atoms with Crippen molar-refractivity contribution >= 4 is 34.9 Å². The number of carbonyl (C=O) groups excluding carboxylic acids is 2. The van der Waals surface area contributed by atoms with E-state index in [0.717, 1.165) is 5.56 Å². The second-order valence-electron chi connectivity index (χ2n) is 7.61. The van der Waals surface area contributed by atoms with Crippen molar-refractivity contribution in [1.82, 2.24) is 19.5 Å². The fourth-order valence-electron chi connectivity index (χ4n) is 4.04. The number of benzene rings is 1. The third kappa shape index (κ3) is 4.52. The molecule has 0 radical (unpaired) electrons. The summed E-state index contributed by atoms with van der Waals surface area (Å²) in [5.74, 6) is 0.292. The molecule has 3 aromatic rings. The Hall–Kier alpha value is -3.14. The molecule has 10 heteroatoms. The number of hydrogen-bond acceptors (Lipinski definition) is 9. The molecule has 0 amide bonds. The third-order valence-corrected chi connectivity index (χ3v) is 6.89. The van der Waals surface area contributed by atoms with Gasteiger partial charge in [0.2, 0.25) is 5.88 Å². The Bertz CT molecular complexity index is 1120. The molecule has 2 aromatic heterocycles. The standard InChI is InChI=1S/C23H26N4O5S/c1-3-30-18(28)10-17-12-33-13-23(17,22(29)31-4-2)27-15-26-19-20(27)24-14-25-21(19)32-11-16-8-6-5-7-9-16/h5-9,14-15,17H,3-4,10-13H2,1-2H3. The van der Waals surface area contributed by atoms with Crippen LogP contribution in [-0.4, -0.2) is 56.2 Å². The van der Waals surface area contributed by atoms with Crippen molar-refractivity contribution in [3.63, 3.8) is 0 Å². The number of rotatable bonds is 9. The molecule has 0 bridgehead atoms. The molecule has 33 heavy (non-hydrogen) atoms. The van der Waals surface area contributed by atoms with E-state index in [4.69, 9.17) is 14.2 Å². The monoisotopic (exact) mass is 470 g/mol. The van der Waals surface area contributed by atoms with E-state index in [1.54, 1.807) is 36.5 Å². The molecule has 1 aliphatic rings. The summed E-state index contributed by atoms with van der Waals surface area (Å²) in [5.41, 5.74) is 0.766. The van der Waals surface area contributed by atoms with Crippen LogP contribution in [0.1, 0.15) is 25.8 Å². The van der Waals surface area contributed by atoms with Crippen LogP contribution in [-0.2, 0) is 31.2 Å². The second-order valence-corrected chi connectivity index (χ2v) is 8.64. The minimum absolute atomic E-state index is 0.0990. The van der Waals surface area contributed by atoms with Crippen LogP contribution >= 0.6 is 11.8 Å². The lowest BCUT2D eigenvalue weighted by Gasteiger charge is -2.33. The maximum atomic E-state index is 13.3. The highest BCUT2D eigenvalue weighted by Crippen LogP contribution is 2.44. The number of ether oxygens (including phenoxy) is 3. The largest absolute Gasteiger partial charge is 0.471 e. The molecule has 1 fully saturated rings. The Morgan fingerprint density at radius 1 is 1.12 bits per heavy atom. The van der Waals surface area contributed by atoms with Crippen LogP contribution < -0.4 is 4.74 Å². The quantitative estimate of drug-likeness (QED) is 0.436. The molecule has 2 unspecified atom stereocenters.